The summed E-state index contributed by atoms with van der Waals surface area (Å²) in [5.41, 5.74) is 0. The first-order chi connectivity index (χ1) is 8.71. The normalized spacial score (nSPS) is 13.5. The Labute approximate surface area is 114 Å². The lowest BCUT2D eigenvalue weighted by atomic mass is 10.0. The van der Waals surface area contributed by atoms with Gasteiger partial charge in [-0.15, -0.1) is 0 Å². The first-order valence-corrected chi connectivity index (χ1v) is 7.66. The Morgan fingerprint density at radius 1 is 1.06 bits per heavy atom. The largest absolute Gasteiger partial charge is 0.383 e. The number of hydrogen-bond acceptors (Lipinski definition) is 3. The monoisotopic (exact) mass is 258 g/mol. The molecular formula is C15H34N2O. The fourth-order valence-corrected chi connectivity index (χ4v) is 2.28. The van der Waals surface area contributed by atoms with E-state index in [0.717, 1.165) is 32.2 Å². The van der Waals surface area contributed by atoms with Crippen molar-refractivity contribution in [3.8, 4) is 0 Å². The Morgan fingerprint density at radius 3 is 2.17 bits per heavy atom. The second-order valence-electron chi connectivity index (χ2n) is 5.14. The second-order valence-corrected chi connectivity index (χ2v) is 5.14. The van der Waals surface area contributed by atoms with E-state index in [1.807, 2.05) is 0 Å². The maximum Gasteiger partial charge on any atom is 0.0628 e. The van der Waals surface area contributed by atoms with Crippen LogP contribution in [-0.4, -0.2) is 50.8 Å². The van der Waals surface area contributed by atoms with Crippen LogP contribution in [0, 0.1) is 5.92 Å². The molecule has 0 bridgehead atoms. The van der Waals surface area contributed by atoms with Gasteiger partial charge in [0, 0.05) is 26.2 Å². The van der Waals surface area contributed by atoms with Crippen LogP contribution < -0.4 is 5.32 Å². The molecule has 0 spiro atoms. The van der Waals surface area contributed by atoms with Gasteiger partial charge in [0.15, 0.2) is 0 Å². The summed E-state index contributed by atoms with van der Waals surface area (Å²) in [4.78, 5) is 2.56. The van der Waals surface area contributed by atoms with Crippen LogP contribution >= 0.6 is 0 Å². The van der Waals surface area contributed by atoms with E-state index in [4.69, 9.17) is 4.74 Å². The van der Waals surface area contributed by atoms with E-state index in [9.17, 15) is 0 Å². The van der Waals surface area contributed by atoms with Gasteiger partial charge in [0.2, 0.25) is 0 Å². The number of rotatable bonds is 12. The van der Waals surface area contributed by atoms with Crippen molar-refractivity contribution in [2.24, 2.45) is 5.92 Å². The van der Waals surface area contributed by atoms with Gasteiger partial charge in [-0.05, 0) is 25.4 Å². The molecule has 0 aliphatic rings. The van der Waals surface area contributed by atoms with Crippen LogP contribution in [0.3, 0.4) is 0 Å². The lowest BCUT2D eigenvalue weighted by molar-refractivity contribution is 0.131. The first kappa shape index (κ1) is 17.9. The van der Waals surface area contributed by atoms with Crippen LogP contribution in [0.25, 0.3) is 0 Å². The molecule has 110 valence electrons. The maximum atomic E-state index is 5.31. The Kier molecular flexibility index (Phi) is 11.9. The van der Waals surface area contributed by atoms with Crippen molar-refractivity contribution >= 4 is 0 Å². The molecule has 3 heteroatoms. The van der Waals surface area contributed by atoms with Gasteiger partial charge in [-0.2, -0.15) is 0 Å². The van der Waals surface area contributed by atoms with Crippen molar-refractivity contribution in [2.45, 2.75) is 53.0 Å². The molecule has 1 N–H and O–H groups in total. The van der Waals surface area contributed by atoms with Crippen molar-refractivity contribution in [1.29, 1.82) is 0 Å². The number of nitrogens with one attached hydrogen (secondary N) is 1. The third-order valence-corrected chi connectivity index (χ3v) is 3.65. The highest BCUT2D eigenvalue weighted by Gasteiger charge is 2.15. The van der Waals surface area contributed by atoms with Crippen LogP contribution in [0.1, 0.15) is 47.0 Å². The quantitative estimate of drug-likeness (QED) is 0.582. The highest BCUT2D eigenvalue weighted by atomic mass is 16.5. The summed E-state index contributed by atoms with van der Waals surface area (Å²) in [7, 11) is 1.79. The molecule has 0 heterocycles. The van der Waals surface area contributed by atoms with Crippen molar-refractivity contribution in [3.05, 3.63) is 0 Å². The molecule has 0 radical (unpaired) electrons. The summed E-state index contributed by atoms with van der Waals surface area (Å²) in [5, 5.41) is 3.58. The van der Waals surface area contributed by atoms with Crippen LogP contribution in [0.15, 0.2) is 0 Å². The standard InChI is InChI=1S/C15H34N2O/c1-6-10-16-15(13-18-5)12-17(9-4)11-14(7-2)8-3/h14-16H,6-13H2,1-5H3. The Morgan fingerprint density at radius 2 is 1.72 bits per heavy atom. The topological polar surface area (TPSA) is 24.5 Å². The highest BCUT2D eigenvalue weighted by molar-refractivity contribution is 4.73. The van der Waals surface area contributed by atoms with Gasteiger partial charge in [0.25, 0.3) is 0 Å². The van der Waals surface area contributed by atoms with Gasteiger partial charge in [-0.1, -0.05) is 40.5 Å². The maximum absolute atomic E-state index is 5.31. The van der Waals surface area contributed by atoms with E-state index in [0.29, 0.717) is 6.04 Å². The van der Waals surface area contributed by atoms with Gasteiger partial charge < -0.3 is 15.0 Å². The minimum atomic E-state index is 0.462. The van der Waals surface area contributed by atoms with Crippen LogP contribution in [0.2, 0.25) is 0 Å². The highest BCUT2D eigenvalue weighted by Crippen LogP contribution is 2.10. The molecule has 1 atom stereocenters. The van der Waals surface area contributed by atoms with Gasteiger partial charge >= 0.3 is 0 Å². The molecule has 18 heavy (non-hydrogen) atoms. The minimum Gasteiger partial charge on any atom is -0.383 e. The predicted octanol–water partition coefficient (Wildman–Crippen LogP) is 2.76. The zero-order valence-corrected chi connectivity index (χ0v) is 13.2. The molecule has 3 nitrogen and oxygen atoms in total. The molecule has 0 fully saturated rings. The third-order valence-electron chi connectivity index (χ3n) is 3.65. The third kappa shape index (κ3) is 8.06. The summed E-state index contributed by atoms with van der Waals surface area (Å²) < 4.78 is 5.31. The van der Waals surface area contributed by atoms with Crippen molar-refractivity contribution in [3.63, 3.8) is 0 Å². The van der Waals surface area contributed by atoms with E-state index in [1.165, 1.54) is 25.8 Å². The number of hydrogen-bond donors (Lipinski definition) is 1. The number of nitrogens with zero attached hydrogens (tertiary/aromatic N) is 1. The molecular weight excluding hydrogens is 224 g/mol. The molecule has 0 amide bonds. The average molecular weight is 258 g/mol. The molecule has 0 aliphatic heterocycles. The van der Waals surface area contributed by atoms with Crippen LogP contribution in [0.4, 0.5) is 0 Å². The minimum absolute atomic E-state index is 0.462. The lowest BCUT2D eigenvalue weighted by Gasteiger charge is -2.29. The zero-order valence-electron chi connectivity index (χ0n) is 13.2. The Bertz CT molecular complexity index is 172. The average Bonchev–Trinajstić information content (AvgIpc) is 2.40. The molecule has 0 aromatic heterocycles. The molecule has 1 unspecified atom stereocenters. The van der Waals surface area contributed by atoms with Crippen LogP contribution in [0.5, 0.6) is 0 Å². The summed E-state index contributed by atoms with van der Waals surface area (Å²) in [6.07, 6.45) is 3.74. The number of methoxy groups -OCH3 is 1. The van der Waals surface area contributed by atoms with Crippen molar-refractivity contribution in [1.82, 2.24) is 10.2 Å². The van der Waals surface area contributed by atoms with Gasteiger partial charge in [0.05, 0.1) is 6.61 Å². The SMILES string of the molecule is CCCNC(COC)CN(CC)CC(CC)CC. The summed E-state index contributed by atoms with van der Waals surface area (Å²) in [5.74, 6) is 0.833. The predicted molar refractivity (Wildman–Crippen MR) is 80.1 cm³/mol. The summed E-state index contributed by atoms with van der Waals surface area (Å²) >= 11 is 0. The van der Waals surface area contributed by atoms with E-state index in [-0.39, 0.29) is 0 Å². The van der Waals surface area contributed by atoms with E-state index in [2.05, 4.69) is 37.9 Å². The van der Waals surface area contributed by atoms with E-state index in [1.54, 1.807) is 7.11 Å². The Balaban J connectivity index is 4.17. The molecule has 0 aromatic carbocycles. The molecule has 0 saturated heterocycles. The van der Waals surface area contributed by atoms with Crippen molar-refractivity contribution in [2.75, 3.05) is 39.9 Å². The number of ether oxygens (including phenoxy) is 1. The van der Waals surface area contributed by atoms with Crippen LogP contribution in [-0.2, 0) is 4.74 Å². The molecule has 0 rings (SSSR count). The smallest absolute Gasteiger partial charge is 0.0628 e. The Hall–Kier alpha value is -0.120. The molecule has 0 saturated carbocycles. The van der Waals surface area contributed by atoms with Gasteiger partial charge in [-0.25, -0.2) is 0 Å². The zero-order chi connectivity index (χ0) is 13.8. The van der Waals surface area contributed by atoms with Gasteiger partial charge in [-0.3, -0.25) is 0 Å². The fraction of sp³-hybridized carbons (Fsp3) is 1.00. The van der Waals surface area contributed by atoms with Crippen molar-refractivity contribution < 1.29 is 4.74 Å². The first-order valence-electron chi connectivity index (χ1n) is 7.66. The summed E-state index contributed by atoms with van der Waals surface area (Å²) in [6, 6.07) is 0.462. The molecule has 0 aliphatic carbocycles. The van der Waals surface area contributed by atoms with E-state index >= 15 is 0 Å². The summed E-state index contributed by atoms with van der Waals surface area (Å²) in [6.45, 7) is 14.4. The lowest BCUT2D eigenvalue weighted by Crippen LogP contribution is -2.45. The van der Waals surface area contributed by atoms with Gasteiger partial charge in [0.1, 0.15) is 0 Å². The fourth-order valence-electron chi connectivity index (χ4n) is 2.28. The van der Waals surface area contributed by atoms with E-state index < -0.39 is 0 Å². The second kappa shape index (κ2) is 11.9. The number of likely N-dealkylation sites (N-methyl/N-ethyl adjacent to an activating group) is 1. The molecule has 0 aromatic rings.